The van der Waals surface area contributed by atoms with Crippen LogP contribution in [0.5, 0.6) is 0 Å². The molecule has 1 rings (SSSR count). The second-order valence-electron chi connectivity index (χ2n) is 1.80. The summed E-state index contributed by atoms with van der Waals surface area (Å²) in [6.45, 7) is 0. The van der Waals surface area contributed by atoms with Gasteiger partial charge >= 0.3 is 6.18 Å². The minimum Gasteiger partial charge on any atom is -0.229 e. The SMILES string of the molecule is FSc1nccc(C(F)(F)F)n1. The molecular formula is C5H2F4N2S. The standard InChI is InChI=1S/C5H2F4N2S/c6-5(7,8)3-1-2-10-4(11-3)12-9/h1-2H. The Balaban J connectivity index is 3.02. The lowest BCUT2D eigenvalue weighted by molar-refractivity contribution is -0.141. The van der Waals surface area contributed by atoms with Gasteiger partial charge in [0.15, 0.2) is 0 Å². The fourth-order valence-corrected chi connectivity index (χ4v) is 0.769. The Morgan fingerprint density at radius 1 is 1.33 bits per heavy atom. The molecular weight excluding hydrogens is 196 g/mol. The molecule has 0 atom stereocenters. The highest BCUT2D eigenvalue weighted by Crippen LogP contribution is 2.28. The Hall–Kier alpha value is -0.850. The predicted octanol–water partition coefficient (Wildman–Crippen LogP) is 2.47. The Labute approximate surface area is 69.3 Å². The fourth-order valence-electron chi connectivity index (χ4n) is 0.536. The van der Waals surface area contributed by atoms with Crippen molar-refractivity contribution in [3.8, 4) is 0 Å². The van der Waals surface area contributed by atoms with E-state index in [0.29, 0.717) is 6.07 Å². The zero-order valence-corrected chi connectivity index (χ0v) is 6.29. The van der Waals surface area contributed by atoms with E-state index < -0.39 is 29.2 Å². The van der Waals surface area contributed by atoms with Crippen LogP contribution in [-0.4, -0.2) is 9.97 Å². The van der Waals surface area contributed by atoms with Crippen LogP contribution in [0.4, 0.5) is 17.1 Å². The number of rotatable bonds is 1. The number of hydrogen-bond acceptors (Lipinski definition) is 3. The van der Waals surface area contributed by atoms with E-state index >= 15 is 0 Å². The van der Waals surface area contributed by atoms with Crippen LogP contribution in [0.1, 0.15) is 5.69 Å². The van der Waals surface area contributed by atoms with Crippen molar-refractivity contribution in [2.24, 2.45) is 0 Å². The van der Waals surface area contributed by atoms with Crippen LogP contribution in [0, 0.1) is 0 Å². The van der Waals surface area contributed by atoms with Gasteiger partial charge in [-0.1, -0.05) is 0 Å². The van der Waals surface area contributed by atoms with Crippen LogP contribution < -0.4 is 0 Å². The third-order valence-electron chi connectivity index (χ3n) is 0.993. The minimum atomic E-state index is -4.55. The molecule has 12 heavy (non-hydrogen) atoms. The monoisotopic (exact) mass is 198 g/mol. The summed E-state index contributed by atoms with van der Waals surface area (Å²) in [5.41, 5.74) is -1.14. The van der Waals surface area contributed by atoms with Crippen molar-refractivity contribution in [2.75, 3.05) is 0 Å². The van der Waals surface area contributed by atoms with Gasteiger partial charge in [-0.25, -0.2) is 9.97 Å². The van der Waals surface area contributed by atoms with Crippen LogP contribution in [0.15, 0.2) is 17.4 Å². The molecule has 0 saturated carbocycles. The highest BCUT2D eigenvalue weighted by Gasteiger charge is 2.32. The number of aromatic nitrogens is 2. The Morgan fingerprint density at radius 3 is 2.50 bits per heavy atom. The third-order valence-corrected chi connectivity index (χ3v) is 1.33. The van der Waals surface area contributed by atoms with Crippen molar-refractivity contribution in [1.82, 2.24) is 9.97 Å². The first kappa shape index (κ1) is 9.24. The molecule has 0 aliphatic rings. The molecule has 0 aliphatic heterocycles. The lowest BCUT2D eigenvalue weighted by Crippen LogP contribution is -2.08. The molecule has 66 valence electrons. The fraction of sp³-hybridized carbons (Fsp3) is 0.200. The number of alkyl halides is 3. The molecule has 1 aromatic heterocycles. The molecule has 1 heterocycles. The van der Waals surface area contributed by atoms with Crippen molar-refractivity contribution in [3.63, 3.8) is 0 Å². The van der Waals surface area contributed by atoms with Crippen molar-refractivity contribution in [1.29, 1.82) is 0 Å². The second kappa shape index (κ2) is 3.26. The molecule has 0 aromatic carbocycles. The Morgan fingerprint density at radius 2 is 2.00 bits per heavy atom. The normalized spacial score (nSPS) is 11.7. The van der Waals surface area contributed by atoms with Gasteiger partial charge < -0.3 is 0 Å². The van der Waals surface area contributed by atoms with Crippen molar-refractivity contribution in [2.45, 2.75) is 11.3 Å². The molecule has 0 radical (unpaired) electrons. The summed E-state index contributed by atoms with van der Waals surface area (Å²) in [5, 5.41) is -0.537. The van der Waals surface area contributed by atoms with Gasteiger partial charge in [-0.2, -0.15) is 17.1 Å². The minimum absolute atomic E-state index is 0.423. The summed E-state index contributed by atoms with van der Waals surface area (Å²) in [5.74, 6) is 0. The Bertz CT molecular complexity index is 274. The average molecular weight is 198 g/mol. The summed E-state index contributed by atoms with van der Waals surface area (Å²) >= 11 is -0.423. The van der Waals surface area contributed by atoms with E-state index in [1.54, 1.807) is 0 Å². The van der Waals surface area contributed by atoms with E-state index in [2.05, 4.69) is 9.97 Å². The Kier molecular flexibility index (Phi) is 2.51. The molecule has 0 spiro atoms. The quantitative estimate of drug-likeness (QED) is 0.512. The van der Waals surface area contributed by atoms with E-state index in [1.807, 2.05) is 0 Å². The van der Waals surface area contributed by atoms with E-state index in [0.717, 1.165) is 6.20 Å². The number of nitrogens with zero attached hydrogens (tertiary/aromatic N) is 2. The zero-order chi connectivity index (χ0) is 9.19. The van der Waals surface area contributed by atoms with Gasteiger partial charge in [-0.05, 0) is 6.07 Å². The van der Waals surface area contributed by atoms with Gasteiger partial charge in [-0.3, -0.25) is 0 Å². The molecule has 0 aliphatic carbocycles. The largest absolute Gasteiger partial charge is 0.433 e. The molecule has 0 saturated heterocycles. The summed E-state index contributed by atoms with van der Waals surface area (Å²) in [7, 11) is 0. The first-order chi connectivity index (χ1) is 5.54. The van der Waals surface area contributed by atoms with Crippen LogP contribution in [0.3, 0.4) is 0 Å². The first-order valence-corrected chi connectivity index (χ1v) is 3.44. The molecule has 0 amide bonds. The van der Waals surface area contributed by atoms with Gasteiger partial charge in [0.2, 0.25) is 5.16 Å². The van der Waals surface area contributed by atoms with Gasteiger partial charge in [-0.15, -0.1) is 0 Å². The second-order valence-corrected chi connectivity index (χ2v) is 2.32. The molecule has 0 fully saturated rings. The topological polar surface area (TPSA) is 25.8 Å². The third kappa shape index (κ3) is 2.07. The molecule has 0 N–H and O–H groups in total. The molecule has 0 unspecified atom stereocenters. The molecule has 0 bridgehead atoms. The van der Waals surface area contributed by atoms with Crippen molar-refractivity contribution >= 4 is 12.1 Å². The van der Waals surface area contributed by atoms with Crippen molar-refractivity contribution in [3.05, 3.63) is 18.0 Å². The molecule has 2 nitrogen and oxygen atoms in total. The lowest BCUT2D eigenvalue weighted by Gasteiger charge is -2.03. The van der Waals surface area contributed by atoms with Crippen LogP contribution in [0.25, 0.3) is 0 Å². The van der Waals surface area contributed by atoms with E-state index in [-0.39, 0.29) is 0 Å². The van der Waals surface area contributed by atoms with E-state index in [9.17, 15) is 17.1 Å². The highest BCUT2D eigenvalue weighted by atomic mass is 32.2. The highest BCUT2D eigenvalue weighted by molar-refractivity contribution is 7.94. The summed E-state index contributed by atoms with van der Waals surface area (Å²) < 4.78 is 47.4. The van der Waals surface area contributed by atoms with Gasteiger partial charge in [0.1, 0.15) is 17.8 Å². The summed E-state index contributed by atoms with van der Waals surface area (Å²) in [4.78, 5) is 6.16. The van der Waals surface area contributed by atoms with Gasteiger partial charge in [0.25, 0.3) is 0 Å². The predicted molar refractivity (Wildman–Crippen MR) is 34.0 cm³/mol. The van der Waals surface area contributed by atoms with Crippen LogP contribution in [0.2, 0.25) is 0 Å². The van der Waals surface area contributed by atoms with Crippen LogP contribution >= 0.6 is 12.1 Å². The van der Waals surface area contributed by atoms with E-state index in [4.69, 9.17) is 0 Å². The maximum absolute atomic E-state index is 11.9. The maximum Gasteiger partial charge on any atom is 0.433 e. The smallest absolute Gasteiger partial charge is 0.229 e. The zero-order valence-electron chi connectivity index (χ0n) is 5.47. The summed E-state index contributed by atoms with van der Waals surface area (Å²) in [6.07, 6.45) is -3.69. The van der Waals surface area contributed by atoms with Crippen LogP contribution in [-0.2, 0) is 6.18 Å². The lowest BCUT2D eigenvalue weighted by atomic mass is 10.4. The number of hydrogen-bond donors (Lipinski definition) is 0. The van der Waals surface area contributed by atoms with E-state index in [1.165, 1.54) is 0 Å². The van der Waals surface area contributed by atoms with Gasteiger partial charge in [0, 0.05) is 6.20 Å². The maximum atomic E-state index is 11.9. The molecule has 1 aromatic rings. The molecule has 7 heteroatoms. The average Bonchev–Trinajstić information content (AvgIpc) is 2.03. The summed E-state index contributed by atoms with van der Waals surface area (Å²) in [6, 6.07) is 0.680. The first-order valence-electron chi connectivity index (χ1n) is 2.73. The number of halogens is 4. The van der Waals surface area contributed by atoms with Gasteiger partial charge in [0.05, 0.1) is 0 Å². The van der Waals surface area contributed by atoms with Crippen molar-refractivity contribution < 1.29 is 17.1 Å².